The van der Waals surface area contributed by atoms with Crippen molar-refractivity contribution in [3.05, 3.63) is 82.4 Å². The van der Waals surface area contributed by atoms with E-state index in [9.17, 15) is 9.59 Å². The monoisotopic (exact) mass is 361 g/mol. The largest absolute Gasteiger partial charge is 0.354 e. The second-order valence-electron chi connectivity index (χ2n) is 7.12. The van der Waals surface area contributed by atoms with Gasteiger partial charge in [0.25, 0.3) is 5.91 Å². The summed E-state index contributed by atoms with van der Waals surface area (Å²) in [5.74, 6) is -0.0863. The Bertz CT molecular complexity index is 1010. The fraction of sp³-hybridized carbons (Fsp3) is 0.273. The van der Waals surface area contributed by atoms with Crippen LogP contribution in [0.3, 0.4) is 0 Å². The summed E-state index contributed by atoms with van der Waals surface area (Å²) in [5.41, 5.74) is 4.80. The van der Waals surface area contributed by atoms with E-state index in [1.54, 1.807) is 0 Å². The Kier molecular flexibility index (Phi) is 4.22. The molecule has 1 aromatic carbocycles. The second-order valence-corrected chi connectivity index (χ2v) is 7.12. The third-order valence-electron chi connectivity index (χ3n) is 5.42. The molecule has 0 bridgehead atoms. The highest BCUT2D eigenvalue weighted by atomic mass is 16.2. The Morgan fingerprint density at radius 3 is 2.44 bits per heavy atom. The molecule has 0 spiro atoms. The van der Waals surface area contributed by atoms with Crippen molar-refractivity contribution < 1.29 is 9.59 Å². The minimum atomic E-state index is -0.147. The van der Waals surface area contributed by atoms with Crippen LogP contribution in [-0.4, -0.2) is 32.7 Å². The standard InChI is InChI=1S/C22H23N3O2/c1-14-19(16(3)26)15(2)23-20(14)22(27)25-13-12-24-11-7-10-18(24)21(25)17-8-5-4-6-9-17/h4-11,21,23H,12-13H2,1-3H3. The normalized spacial score (nSPS) is 16.3. The number of carbonyl (C=O) groups is 2. The molecule has 1 aliphatic rings. The van der Waals surface area contributed by atoms with E-state index in [-0.39, 0.29) is 17.7 Å². The fourth-order valence-electron chi connectivity index (χ4n) is 4.22. The molecule has 0 aliphatic carbocycles. The van der Waals surface area contributed by atoms with E-state index in [2.05, 4.69) is 33.9 Å². The number of ketones is 1. The number of benzene rings is 1. The molecule has 1 atom stereocenters. The Hall–Kier alpha value is -3.08. The highest BCUT2D eigenvalue weighted by Crippen LogP contribution is 2.34. The number of nitrogens with zero attached hydrogens (tertiary/aromatic N) is 2. The number of fused-ring (bicyclic) bond motifs is 1. The van der Waals surface area contributed by atoms with Crippen molar-refractivity contribution in [2.45, 2.75) is 33.4 Å². The third kappa shape index (κ3) is 2.79. The zero-order valence-electron chi connectivity index (χ0n) is 15.8. The summed E-state index contributed by atoms with van der Waals surface area (Å²) in [6.45, 7) is 6.61. The molecule has 0 saturated heterocycles. The van der Waals surface area contributed by atoms with Crippen LogP contribution >= 0.6 is 0 Å². The number of nitrogens with one attached hydrogen (secondary N) is 1. The maximum Gasteiger partial charge on any atom is 0.271 e. The van der Waals surface area contributed by atoms with Crippen molar-refractivity contribution in [1.82, 2.24) is 14.5 Å². The molecule has 1 amide bonds. The zero-order valence-corrected chi connectivity index (χ0v) is 15.8. The average Bonchev–Trinajstić information content (AvgIpc) is 3.24. The van der Waals surface area contributed by atoms with Crippen molar-refractivity contribution >= 4 is 11.7 Å². The van der Waals surface area contributed by atoms with Crippen molar-refractivity contribution in [2.24, 2.45) is 0 Å². The zero-order chi connectivity index (χ0) is 19.1. The first kappa shape index (κ1) is 17.3. The van der Waals surface area contributed by atoms with Gasteiger partial charge in [0, 0.05) is 36.2 Å². The van der Waals surface area contributed by atoms with Crippen molar-refractivity contribution in [2.75, 3.05) is 6.54 Å². The van der Waals surface area contributed by atoms with Gasteiger partial charge in [0.15, 0.2) is 5.78 Å². The molecule has 3 heterocycles. The van der Waals surface area contributed by atoms with Gasteiger partial charge in [0.05, 0.1) is 6.04 Å². The number of amides is 1. The summed E-state index contributed by atoms with van der Waals surface area (Å²) in [7, 11) is 0. The van der Waals surface area contributed by atoms with Crippen LogP contribution in [0.1, 0.15) is 56.3 Å². The summed E-state index contributed by atoms with van der Waals surface area (Å²) in [4.78, 5) is 30.5. The quantitative estimate of drug-likeness (QED) is 0.720. The summed E-state index contributed by atoms with van der Waals surface area (Å²) >= 11 is 0. The van der Waals surface area contributed by atoms with Gasteiger partial charge < -0.3 is 14.5 Å². The van der Waals surface area contributed by atoms with Gasteiger partial charge in [-0.2, -0.15) is 0 Å². The third-order valence-corrected chi connectivity index (χ3v) is 5.42. The summed E-state index contributed by atoms with van der Waals surface area (Å²) in [6.07, 6.45) is 2.06. The molecule has 0 fully saturated rings. The molecule has 2 aromatic heterocycles. The highest BCUT2D eigenvalue weighted by Gasteiger charge is 2.34. The number of Topliss-reactive ketones (excluding diaryl/α,β-unsaturated/α-hetero) is 1. The summed E-state index contributed by atoms with van der Waals surface area (Å²) in [5, 5.41) is 0. The minimum absolute atomic E-state index is 0.0209. The van der Waals surface area contributed by atoms with Crippen LogP contribution in [0.15, 0.2) is 48.7 Å². The van der Waals surface area contributed by atoms with Gasteiger partial charge >= 0.3 is 0 Å². The fourth-order valence-corrected chi connectivity index (χ4v) is 4.22. The molecule has 0 saturated carbocycles. The van der Waals surface area contributed by atoms with E-state index in [0.29, 0.717) is 17.8 Å². The molecule has 5 heteroatoms. The first-order valence-corrected chi connectivity index (χ1v) is 9.20. The number of rotatable bonds is 3. The Morgan fingerprint density at radius 2 is 1.78 bits per heavy atom. The van der Waals surface area contributed by atoms with E-state index in [1.165, 1.54) is 6.92 Å². The lowest BCUT2D eigenvalue weighted by Crippen LogP contribution is -2.42. The van der Waals surface area contributed by atoms with Gasteiger partial charge in [0.1, 0.15) is 5.69 Å². The van der Waals surface area contributed by atoms with E-state index in [1.807, 2.05) is 43.0 Å². The topological polar surface area (TPSA) is 58.1 Å². The van der Waals surface area contributed by atoms with E-state index < -0.39 is 0 Å². The Morgan fingerprint density at radius 1 is 1.04 bits per heavy atom. The predicted octanol–water partition coefficient (Wildman–Crippen LogP) is 3.88. The van der Waals surface area contributed by atoms with Crippen LogP contribution < -0.4 is 0 Å². The predicted molar refractivity (Wildman–Crippen MR) is 104 cm³/mol. The van der Waals surface area contributed by atoms with Crippen LogP contribution in [0.25, 0.3) is 0 Å². The number of H-pyrrole nitrogens is 1. The van der Waals surface area contributed by atoms with Crippen LogP contribution in [0, 0.1) is 13.8 Å². The molecule has 27 heavy (non-hydrogen) atoms. The first-order chi connectivity index (χ1) is 13.0. The molecular weight excluding hydrogens is 338 g/mol. The van der Waals surface area contributed by atoms with Crippen molar-refractivity contribution in [1.29, 1.82) is 0 Å². The van der Waals surface area contributed by atoms with E-state index in [0.717, 1.165) is 29.1 Å². The van der Waals surface area contributed by atoms with Crippen LogP contribution in [0.4, 0.5) is 0 Å². The number of aryl methyl sites for hydroxylation is 1. The average molecular weight is 361 g/mol. The molecular formula is C22H23N3O2. The molecule has 1 aliphatic heterocycles. The van der Waals surface area contributed by atoms with Gasteiger partial charge in [-0.05, 0) is 44.0 Å². The number of hydrogen-bond donors (Lipinski definition) is 1. The lowest BCUT2D eigenvalue weighted by molar-refractivity contribution is 0.0657. The maximum absolute atomic E-state index is 13.5. The van der Waals surface area contributed by atoms with Crippen molar-refractivity contribution in [3.8, 4) is 0 Å². The van der Waals surface area contributed by atoms with Gasteiger partial charge in [-0.25, -0.2) is 0 Å². The summed E-state index contributed by atoms with van der Waals surface area (Å²) in [6, 6.07) is 14.0. The van der Waals surface area contributed by atoms with Crippen molar-refractivity contribution in [3.63, 3.8) is 0 Å². The number of aromatic nitrogens is 2. The van der Waals surface area contributed by atoms with Crippen LogP contribution in [0.5, 0.6) is 0 Å². The number of carbonyl (C=O) groups excluding carboxylic acids is 2. The maximum atomic E-state index is 13.5. The minimum Gasteiger partial charge on any atom is -0.354 e. The lowest BCUT2D eigenvalue weighted by atomic mass is 9.99. The van der Waals surface area contributed by atoms with Crippen LogP contribution in [-0.2, 0) is 6.54 Å². The lowest BCUT2D eigenvalue weighted by Gasteiger charge is -2.37. The molecule has 4 rings (SSSR count). The molecule has 138 valence electrons. The van der Waals surface area contributed by atoms with E-state index >= 15 is 0 Å². The SMILES string of the molecule is CC(=O)c1c(C)[nH]c(C(=O)N2CCn3cccc3C2c2ccccc2)c1C. The van der Waals surface area contributed by atoms with E-state index in [4.69, 9.17) is 0 Å². The Balaban J connectivity index is 1.80. The van der Waals surface area contributed by atoms with Crippen LogP contribution in [0.2, 0.25) is 0 Å². The number of hydrogen-bond acceptors (Lipinski definition) is 2. The molecule has 1 unspecified atom stereocenters. The molecule has 0 radical (unpaired) electrons. The highest BCUT2D eigenvalue weighted by molar-refractivity contribution is 6.02. The summed E-state index contributed by atoms with van der Waals surface area (Å²) < 4.78 is 2.20. The first-order valence-electron chi connectivity index (χ1n) is 9.20. The second kappa shape index (κ2) is 6.58. The van der Waals surface area contributed by atoms with Gasteiger partial charge in [0.2, 0.25) is 0 Å². The van der Waals surface area contributed by atoms with Gasteiger partial charge in [-0.15, -0.1) is 0 Å². The molecule has 1 N–H and O–H groups in total. The Labute approximate surface area is 158 Å². The van der Waals surface area contributed by atoms with Gasteiger partial charge in [-0.1, -0.05) is 30.3 Å². The smallest absolute Gasteiger partial charge is 0.271 e. The molecule has 3 aromatic rings. The number of aromatic amines is 1. The van der Waals surface area contributed by atoms with Gasteiger partial charge in [-0.3, -0.25) is 9.59 Å². The molecule has 5 nitrogen and oxygen atoms in total.